The second-order valence-corrected chi connectivity index (χ2v) is 6.53. The zero-order valence-corrected chi connectivity index (χ0v) is 15.4. The third kappa shape index (κ3) is 4.64. The Morgan fingerprint density at radius 2 is 2.00 bits per heavy atom. The number of nitrogens with zero attached hydrogens (tertiary/aromatic N) is 1. The Kier molecular flexibility index (Phi) is 6.49. The van der Waals surface area contributed by atoms with Crippen LogP contribution in [0.3, 0.4) is 0 Å². The number of methoxy groups -OCH3 is 2. The molecule has 0 bridgehead atoms. The number of benzene rings is 1. The van der Waals surface area contributed by atoms with E-state index in [2.05, 4.69) is 5.32 Å². The van der Waals surface area contributed by atoms with E-state index in [0.717, 1.165) is 16.9 Å². The summed E-state index contributed by atoms with van der Waals surface area (Å²) >= 11 is 1.64. The molecule has 0 saturated carbocycles. The van der Waals surface area contributed by atoms with Crippen LogP contribution in [0.4, 0.5) is 4.79 Å². The van der Waals surface area contributed by atoms with Gasteiger partial charge in [0, 0.05) is 18.5 Å². The number of amides is 2. The van der Waals surface area contributed by atoms with Crippen molar-refractivity contribution < 1.29 is 14.3 Å². The van der Waals surface area contributed by atoms with Crippen LogP contribution in [0.25, 0.3) is 0 Å². The first-order valence-electron chi connectivity index (χ1n) is 7.81. The minimum atomic E-state index is -0.0728. The fourth-order valence-electron chi connectivity index (χ4n) is 2.34. The fraction of sp³-hybridized carbons (Fsp3) is 0.389. The van der Waals surface area contributed by atoms with Crippen molar-refractivity contribution in [2.75, 3.05) is 27.8 Å². The molecule has 1 atom stereocenters. The van der Waals surface area contributed by atoms with Gasteiger partial charge in [0.15, 0.2) is 11.5 Å². The number of likely N-dealkylation sites (N-methyl/N-ethyl adjacent to an activating group) is 1. The molecule has 6 heteroatoms. The molecule has 2 amide bonds. The van der Waals surface area contributed by atoms with Crippen molar-refractivity contribution in [3.05, 3.63) is 46.2 Å². The number of ether oxygens (including phenoxy) is 2. The second-order valence-electron chi connectivity index (χ2n) is 5.55. The van der Waals surface area contributed by atoms with Gasteiger partial charge in [0.1, 0.15) is 0 Å². The molecular weight excluding hydrogens is 324 g/mol. The third-order valence-corrected chi connectivity index (χ3v) is 4.90. The molecule has 1 aromatic carbocycles. The van der Waals surface area contributed by atoms with Gasteiger partial charge in [-0.3, -0.25) is 0 Å². The van der Waals surface area contributed by atoms with Crippen LogP contribution in [0, 0.1) is 0 Å². The van der Waals surface area contributed by atoms with E-state index in [0.29, 0.717) is 18.0 Å². The Morgan fingerprint density at radius 3 is 2.62 bits per heavy atom. The monoisotopic (exact) mass is 348 g/mol. The summed E-state index contributed by atoms with van der Waals surface area (Å²) in [6.07, 6.45) is 0.748. The Balaban J connectivity index is 1.88. The molecule has 0 spiro atoms. The number of rotatable bonds is 7. The van der Waals surface area contributed by atoms with Gasteiger partial charge in [0.05, 0.1) is 20.3 Å². The highest BCUT2D eigenvalue weighted by molar-refractivity contribution is 7.10. The number of hydrogen-bond donors (Lipinski definition) is 1. The lowest BCUT2D eigenvalue weighted by Crippen LogP contribution is -2.39. The van der Waals surface area contributed by atoms with Crippen LogP contribution < -0.4 is 14.8 Å². The molecular formula is C18H24N2O3S. The van der Waals surface area contributed by atoms with Gasteiger partial charge in [0.2, 0.25) is 0 Å². The fourth-order valence-corrected chi connectivity index (χ4v) is 3.07. The lowest BCUT2D eigenvalue weighted by molar-refractivity contribution is 0.206. The first-order valence-corrected chi connectivity index (χ1v) is 8.69. The predicted octanol–water partition coefficient (Wildman–Crippen LogP) is 3.71. The highest BCUT2D eigenvalue weighted by Crippen LogP contribution is 2.27. The normalized spacial score (nSPS) is 11.7. The molecule has 130 valence electrons. The van der Waals surface area contributed by atoms with E-state index >= 15 is 0 Å². The molecule has 0 saturated heterocycles. The number of carbonyl (C=O) groups is 1. The molecule has 24 heavy (non-hydrogen) atoms. The summed E-state index contributed by atoms with van der Waals surface area (Å²) in [6, 6.07) is 9.77. The standard InChI is InChI=1S/C18H24N2O3S/c1-13(17-6-5-11-24-17)19-18(21)20(2)10-9-14-7-8-15(22-3)16(12-14)23-4/h5-8,11-13H,9-10H2,1-4H3,(H,19,21)/t13-/m1/s1. The summed E-state index contributed by atoms with van der Waals surface area (Å²) in [5.41, 5.74) is 1.10. The van der Waals surface area contributed by atoms with E-state index in [1.54, 1.807) is 37.5 Å². The maximum atomic E-state index is 12.3. The summed E-state index contributed by atoms with van der Waals surface area (Å²) in [6.45, 7) is 2.62. The molecule has 5 nitrogen and oxygen atoms in total. The molecule has 0 aliphatic heterocycles. The lowest BCUT2D eigenvalue weighted by Gasteiger charge is -2.21. The van der Waals surface area contributed by atoms with E-state index in [4.69, 9.17) is 9.47 Å². The smallest absolute Gasteiger partial charge is 0.317 e. The zero-order chi connectivity index (χ0) is 17.5. The SMILES string of the molecule is COc1ccc(CCN(C)C(=O)N[C@H](C)c2cccs2)cc1OC. The number of hydrogen-bond acceptors (Lipinski definition) is 4. The van der Waals surface area contributed by atoms with Gasteiger partial charge in [-0.2, -0.15) is 0 Å². The average molecular weight is 348 g/mol. The first-order chi connectivity index (χ1) is 11.5. The van der Waals surface area contributed by atoms with Crippen molar-refractivity contribution >= 4 is 17.4 Å². The van der Waals surface area contributed by atoms with Crippen LogP contribution in [0.15, 0.2) is 35.7 Å². The van der Waals surface area contributed by atoms with Crippen molar-refractivity contribution in [1.82, 2.24) is 10.2 Å². The summed E-state index contributed by atoms with van der Waals surface area (Å²) in [5.74, 6) is 1.41. The Morgan fingerprint density at radius 1 is 1.25 bits per heavy atom. The second kappa shape index (κ2) is 8.59. The summed E-state index contributed by atoms with van der Waals surface area (Å²) in [7, 11) is 5.04. The summed E-state index contributed by atoms with van der Waals surface area (Å²) in [5, 5.41) is 5.02. The number of carbonyl (C=O) groups excluding carboxylic acids is 1. The number of nitrogens with one attached hydrogen (secondary N) is 1. The maximum absolute atomic E-state index is 12.3. The first kappa shape index (κ1) is 18.1. The molecule has 0 aliphatic carbocycles. The average Bonchev–Trinajstić information content (AvgIpc) is 3.13. The predicted molar refractivity (Wildman–Crippen MR) is 97.1 cm³/mol. The Bertz CT molecular complexity index is 658. The molecule has 0 aliphatic rings. The van der Waals surface area contributed by atoms with Crippen LogP contribution in [0.2, 0.25) is 0 Å². The van der Waals surface area contributed by atoms with Gasteiger partial charge in [-0.05, 0) is 42.5 Å². The van der Waals surface area contributed by atoms with Gasteiger partial charge in [0.25, 0.3) is 0 Å². The van der Waals surface area contributed by atoms with Gasteiger partial charge < -0.3 is 19.7 Å². The molecule has 1 aromatic heterocycles. The zero-order valence-electron chi connectivity index (χ0n) is 14.5. The van der Waals surface area contributed by atoms with Crippen molar-refractivity contribution in [2.45, 2.75) is 19.4 Å². The van der Waals surface area contributed by atoms with Crippen LogP contribution in [-0.2, 0) is 6.42 Å². The molecule has 1 heterocycles. The maximum Gasteiger partial charge on any atom is 0.317 e. The van der Waals surface area contributed by atoms with E-state index in [1.807, 2.05) is 42.6 Å². The topological polar surface area (TPSA) is 50.8 Å². The minimum absolute atomic E-state index is 0.0148. The molecule has 0 fully saturated rings. The lowest BCUT2D eigenvalue weighted by atomic mass is 10.1. The van der Waals surface area contributed by atoms with Crippen LogP contribution in [0.1, 0.15) is 23.4 Å². The third-order valence-electron chi connectivity index (χ3n) is 3.84. The number of urea groups is 1. The van der Waals surface area contributed by atoms with E-state index < -0.39 is 0 Å². The quantitative estimate of drug-likeness (QED) is 0.830. The Hall–Kier alpha value is -2.21. The molecule has 1 N–H and O–H groups in total. The molecule has 0 unspecified atom stereocenters. The molecule has 0 radical (unpaired) electrons. The highest BCUT2D eigenvalue weighted by atomic mass is 32.1. The minimum Gasteiger partial charge on any atom is -0.493 e. The summed E-state index contributed by atoms with van der Waals surface area (Å²) in [4.78, 5) is 15.1. The largest absolute Gasteiger partial charge is 0.493 e. The Labute approximate surface area is 147 Å². The van der Waals surface area contributed by atoms with Crippen LogP contribution in [-0.4, -0.2) is 38.7 Å². The van der Waals surface area contributed by atoms with Crippen LogP contribution >= 0.6 is 11.3 Å². The van der Waals surface area contributed by atoms with E-state index in [9.17, 15) is 4.79 Å². The molecule has 2 aromatic rings. The van der Waals surface area contributed by atoms with Crippen LogP contribution in [0.5, 0.6) is 11.5 Å². The van der Waals surface area contributed by atoms with Gasteiger partial charge in [-0.25, -0.2) is 4.79 Å². The van der Waals surface area contributed by atoms with E-state index in [-0.39, 0.29) is 12.1 Å². The van der Waals surface area contributed by atoms with E-state index in [1.165, 1.54) is 0 Å². The van der Waals surface area contributed by atoms with Gasteiger partial charge >= 0.3 is 6.03 Å². The van der Waals surface area contributed by atoms with Crippen molar-refractivity contribution in [3.63, 3.8) is 0 Å². The number of thiophene rings is 1. The van der Waals surface area contributed by atoms with Crippen molar-refractivity contribution in [3.8, 4) is 11.5 Å². The van der Waals surface area contributed by atoms with Gasteiger partial charge in [-0.1, -0.05) is 12.1 Å². The van der Waals surface area contributed by atoms with Gasteiger partial charge in [-0.15, -0.1) is 11.3 Å². The van der Waals surface area contributed by atoms with Crippen molar-refractivity contribution in [2.24, 2.45) is 0 Å². The molecule has 2 rings (SSSR count). The van der Waals surface area contributed by atoms with Crippen molar-refractivity contribution in [1.29, 1.82) is 0 Å². The highest BCUT2D eigenvalue weighted by Gasteiger charge is 2.14. The summed E-state index contributed by atoms with van der Waals surface area (Å²) < 4.78 is 10.5.